The van der Waals surface area contributed by atoms with Crippen molar-refractivity contribution in [1.29, 1.82) is 0 Å². The van der Waals surface area contributed by atoms with Gasteiger partial charge in [-0.1, -0.05) is 0 Å². The lowest BCUT2D eigenvalue weighted by molar-refractivity contribution is -0.131. The Kier molecular flexibility index (Phi) is 5.75. The quantitative estimate of drug-likeness (QED) is 0.755. The van der Waals surface area contributed by atoms with Crippen molar-refractivity contribution in [2.24, 2.45) is 0 Å². The normalized spacial score (nSPS) is 20.8. The molecular weight excluding hydrogens is 342 g/mol. The largest absolute Gasteiger partial charge is 0.341 e. The molecule has 0 aliphatic carbocycles. The third-order valence-electron chi connectivity index (χ3n) is 4.84. The van der Waals surface area contributed by atoms with E-state index in [-0.39, 0.29) is 5.91 Å². The van der Waals surface area contributed by atoms with E-state index in [1.54, 1.807) is 24.4 Å². The lowest BCUT2D eigenvalue weighted by Crippen LogP contribution is -2.44. The Hall–Kier alpha value is -1.45. The van der Waals surface area contributed by atoms with Crippen LogP contribution in [-0.4, -0.2) is 76.9 Å². The summed E-state index contributed by atoms with van der Waals surface area (Å²) in [4.78, 5) is 14.2. The molecule has 0 atom stereocenters. The topological polar surface area (TPSA) is 78.8 Å². The second-order valence-corrected chi connectivity index (χ2v) is 8.71. The summed E-state index contributed by atoms with van der Waals surface area (Å²) in [5.74, 6) is 0.0635. The lowest BCUT2D eigenvalue weighted by Gasteiger charge is -2.26. The SMILES string of the molecule is Cc1cnn(CCC(=O)N2CCCN(S(=O)(=O)N3CCCC3)CC2)c1. The second-order valence-electron chi connectivity index (χ2n) is 6.78. The van der Waals surface area contributed by atoms with Crippen molar-refractivity contribution in [3.8, 4) is 0 Å². The minimum Gasteiger partial charge on any atom is -0.341 e. The van der Waals surface area contributed by atoms with E-state index in [2.05, 4.69) is 5.10 Å². The van der Waals surface area contributed by atoms with Gasteiger partial charge in [-0.15, -0.1) is 0 Å². The Balaban J connectivity index is 1.53. The average Bonchev–Trinajstić information content (AvgIpc) is 3.19. The number of carbonyl (C=O) groups is 1. The zero-order valence-electron chi connectivity index (χ0n) is 14.8. The molecule has 3 rings (SSSR count). The summed E-state index contributed by atoms with van der Waals surface area (Å²) in [6, 6.07) is 0. The Bertz CT molecular complexity index is 696. The van der Waals surface area contributed by atoms with Gasteiger partial charge in [-0.3, -0.25) is 9.48 Å². The van der Waals surface area contributed by atoms with Crippen molar-refractivity contribution in [1.82, 2.24) is 23.3 Å². The van der Waals surface area contributed by atoms with E-state index >= 15 is 0 Å². The minimum absolute atomic E-state index is 0.0635. The van der Waals surface area contributed by atoms with Crippen LogP contribution in [0.5, 0.6) is 0 Å². The van der Waals surface area contributed by atoms with E-state index in [1.807, 2.05) is 13.1 Å². The third-order valence-corrected chi connectivity index (χ3v) is 6.88. The molecule has 0 spiro atoms. The maximum absolute atomic E-state index is 12.7. The van der Waals surface area contributed by atoms with Crippen LogP contribution in [0.4, 0.5) is 0 Å². The summed E-state index contributed by atoms with van der Waals surface area (Å²) >= 11 is 0. The van der Waals surface area contributed by atoms with Gasteiger partial charge in [-0.05, 0) is 31.7 Å². The molecule has 8 nitrogen and oxygen atoms in total. The van der Waals surface area contributed by atoms with Crippen LogP contribution in [0.2, 0.25) is 0 Å². The summed E-state index contributed by atoms with van der Waals surface area (Å²) in [7, 11) is -3.37. The maximum atomic E-state index is 12.7. The van der Waals surface area contributed by atoms with Gasteiger partial charge in [0.2, 0.25) is 5.91 Å². The third kappa shape index (κ3) is 4.39. The fourth-order valence-electron chi connectivity index (χ4n) is 3.41. The number of nitrogens with zero attached hydrogens (tertiary/aromatic N) is 5. The van der Waals surface area contributed by atoms with Gasteiger partial charge in [0.25, 0.3) is 10.2 Å². The van der Waals surface area contributed by atoms with E-state index < -0.39 is 10.2 Å². The zero-order valence-corrected chi connectivity index (χ0v) is 15.6. The average molecular weight is 369 g/mol. The van der Waals surface area contributed by atoms with Crippen LogP contribution in [0.25, 0.3) is 0 Å². The first-order valence-electron chi connectivity index (χ1n) is 8.99. The number of hydrogen-bond donors (Lipinski definition) is 0. The van der Waals surface area contributed by atoms with E-state index in [1.165, 1.54) is 0 Å². The highest BCUT2D eigenvalue weighted by Gasteiger charge is 2.33. The molecule has 0 unspecified atom stereocenters. The van der Waals surface area contributed by atoms with Gasteiger partial charge in [-0.2, -0.15) is 22.1 Å². The molecule has 3 heterocycles. The van der Waals surface area contributed by atoms with Crippen molar-refractivity contribution in [2.75, 3.05) is 39.3 Å². The molecule has 2 aliphatic heterocycles. The Morgan fingerprint density at radius 1 is 1.04 bits per heavy atom. The van der Waals surface area contributed by atoms with Gasteiger partial charge in [0.05, 0.1) is 6.20 Å². The second kappa shape index (κ2) is 7.84. The molecule has 0 N–H and O–H groups in total. The Morgan fingerprint density at radius 2 is 1.72 bits per heavy atom. The molecule has 25 heavy (non-hydrogen) atoms. The number of hydrogen-bond acceptors (Lipinski definition) is 4. The predicted octanol–water partition coefficient (Wildman–Crippen LogP) is 0.457. The van der Waals surface area contributed by atoms with Gasteiger partial charge >= 0.3 is 0 Å². The van der Waals surface area contributed by atoms with Gasteiger partial charge in [0.1, 0.15) is 0 Å². The molecule has 0 bridgehead atoms. The van der Waals surface area contributed by atoms with E-state index in [9.17, 15) is 13.2 Å². The highest BCUT2D eigenvalue weighted by Crippen LogP contribution is 2.18. The number of aryl methyl sites for hydroxylation is 2. The lowest BCUT2D eigenvalue weighted by atomic mass is 10.3. The molecule has 0 saturated carbocycles. The summed E-state index contributed by atoms with van der Waals surface area (Å²) in [5.41, 5.74) is 1.07. The molecule has 2 aliphatic rings. The molecule has 1 aromatic rings. The van der Waals surface area contributed by atoms with Crippen LogP contribution in [0, 0.1) is 6.92 Å². The highest BCUT2D eigenvalue weighted by atomic mass is 32.2. The van der Waals surface area contributed by atoms with Crippen LogP contribution in [0.1, 0.15) is 31.2 Å². The molecule has 2 saturated heterocycles. The van der Waals surface area contributed by atoms with E-state index in [4.69, 9.17) is 0 Å². The van der Waals surface area contributed by atoms with Crippen molar-refractivity contribution >= 4 is 16.1 Å². The standard InChI is InChI=1S/C16H27N5O3S/c1-15-13-17-19(14-15)10-5-16(22)18-6-4-9-21(12-11-18)25(23,24)20-7-2-3-8-20/h13-14H,2-12H2,1H3. The van der Waals surface area contributed by atoms with Crippen molar-refractivity contribution in [2.45, 2.75) is 39.2 Å². The minimum atomic E-state index is -3.37. The van der Waals surface area contributed by atoms with Crippen molar-refractivity contribution in [3.05, 3.63) is 18.0 Å². The number of aromatic nitrogens is 2. The van der Waals surface area contributed by atoms with Crippen molar-refractivity contribution in [3.63, 3.8) is 0 Å². The van der Waals surface area contributed by atoms with E-state index in [0.717, 1.165) is 18.4 Å². The fourth-order valence-corrected chi connectivity index (χ4v) is 5.13. The number of amides is 1. The zero-order chi connectivity index (χ0) is 17.9. The molecular formula is C16H27N5O3S. The monoisotopic (exact) mass is 369 g/mol. The predicted molar refractivity (Wildman–Crippen MR) is 94.1 cm³/mol. The van der Waals surface area contributed by atoms with Gasteiger partial charge in [0, 0.05) is 58.4 Å². The summed E-state index contributed by atoms with van der Waals surface area (Å²) in [5, 5.41) is 4.19. The summed E-state index contributed by atoms with van der Waals surface area (Å²) in [6.07, 6.45) is 6.63. The first-order chi connectivity index (χ1) is 12.0. The first kappa shape index (κ1) is 18.3. The van der Waals surface area contributed by atoms with Crippen LogP contribution in [0.15, 0.2) is 12.4 Å². The molecule has 140 valence electrons. The molecule has 9 heteroatoms. The number of rotatable bonds is 5. The molecule has 2 fully saturated rings. The van der Waals surface area contributed by atoms with Crippen LogP contribution in [-0.2, 0) is 21.5 Å². The Morgan fingerprint density at radius 3 is 2.40 bits per heavy atom. The van der Waals surface area contributed by atoms with Gasteiger partial charge < -0.3 is 4.90 Å². The van der Waals surface area contributed by atoms with Crippen LogP contribution >= 0.6 is 0 Å². The molecule has 1 aromatic heterocycles. The summed E-state index contributed by atoms with van der Waals surface area (Å²) in [6.45, 7) is 5.70. The highest BCUT2D eigenvalue weighted by molar-refractivity contribution is 7.86. The first-order valence-corrected chi connectivity index (χ1v) is 10.4. The molecule has 0 radical (unpaired) electrons. The smallest absolute Gasteiger partial charge is 0.282 e. The van der Waals surface area contributed by atoms with Crippen LogP contribution < -0.4 is 0 Å². The Labute approximate surface area is 149 Å². The fraction of sp³-hybridized carbons (Fsp3) is 0.750. The van der Waals surface area contributed by atoms with Crippen LogP contribution in [0.3, 0.4) is 0 Å². The van der Waals surface area contributed by atoms with Gasteiger partial charge in [0.15, 0.2) is 0 Å². The maximum Gasteiger partial charge on any atom is 0.282 e. The number of carbonyl (C=O) groups excluding carboxylic acids is 1. The van der Waals surface area contributed by atoms with E-state index in [0.29, 0.717) is 58.7 Å². The molecule has 1 amide bonds. The molecule has 0 aromatic carbocycles. The van der Waals surface area contributed by atoms with Crippen molar-refractivity contribution < 1.29 is 13.2 Å². The summed E-state index contributed by atoms with van der Waals surface area (Å²) < 4.78 is 30.2. The van der Waals surface area contributed by atoms with Gasteiger partial charge in [-0.25, -0.2) is 0 Å².